The maximum absolute atomic E-state index is 13.1. The predicted molar refractivity (Wildman–Crippen MR) is 108 cm³/mol. The van der Waals surface area contributed by atoms with Gasteiger partial charge in [-0.1, -0.05) is 62.7 Å². The fourth-order valence-electron chi connectivity index (χ4n) is 2.91. The van der Waals surface area contributed by atoms with Crippen LogP contribution in [0.5, 0.6) is 0 Å². The van der Waals surface area contributed by atoms with Crippen molar-refractivity contribution in [2.24, 2.45) is 5.92 Å². The number of rotatable bonds is 9. The van der Waals surface area contributed by atoms with Gasteiger partial charge in [-0.2, -0.15) is 4.31 Å². The number of carbonyl (C=O) groups is 1. The maximum atomic E-state index is 13.1. The molecule has 0 saturated heterocycles. The Hall–Kier alpha value is -2.78. The van der Waals surface area contributed by atoms with Crippen LogP contribution in [0.1, 0.15) is 25.8 Å². The van der Waals surface area contributed by atoms with Crippen molar-refractivity contribution in [3.63, 3.8) is 0 Å². The van der Waals surface area contributed by atoms with E-state index >= 15 is 0 Å². The van der Waals surface area contributed by atoms with Gasteiger partial charge in [0.05, 0.1) is 4.92 Å². The molecule has 0 bridgehead atoms. The van der Waals surface area contributed by atoms with E-state index in [4.69, 9.17) is 4.74 Å². The second kappa shape index (κ2) is 9.62. The first-order valence-electron chi connectivity index (χ1n) is 9.12. The predicted octanol–water partition coefficient (Wildman–Crippen LogP) is 3.37. The summed E-state index contributed by atoms with van der Waals surface area (Å²) in [5.41, 5.74) is 0.230. The minimum Gasteiger partial charge on any atom is -0.460 e. The van der Waals surface area contributed by atoms with E-state index in [1.54, 1.807) is 31.2 Å². The standard InChI is InChI=1S/C20H24N2O6S/c1-4-15(2)19(20(23)28-14-16-10-6-5-7-11-16)21(3)29(26,27)18-13-9-8-12-17(18)22(24)25/h5-13,15,19H,4,14H2,1-3H3/t15-,19-/m0/s1. The van der Waals surface area contributed by atoms with Crippen molar-refractivity contribution in [1.82, 2.24) is 4.31 Å². The van der Waals surface area contributed by atoms with Crippen molar-refractivity contribution in [1.29, 1.82) is 0 Å². The van der Waals surface area contributed by atoms with Gasteiger partial charge >= 0.3 is 5.97 Å². The highest BCUT2D eigenvalue weighted by atomic mass is 32.2. The zero-order valence-electron chi connectivity index (χ0n) is 16.5. The van der Waals surface area contributed by atoms with Crippen LogP contribution in [0.3, 0.4) is 0 Å². The van der Waals surface area contributed by atoms with Gasteiger partial charge in [0, 0.05) is 13.1 Å². The summed E-state index contributed by atoms with van der Waals surface area (Å²) >= 11 is 0. The highest BCUT2D eigenvalue weighted by Gasteiger charge is 2.39. The van der Waals surface area contributed by atoms with Crippen molar-refractivity contribution in [2.45, 2.75) is 37.8 Å². The molecule has 0 amide bonds. The lowest BCUT2D eigenvalue weighted by atomic mass is 9.99. The first-order chi connectivity index (χ1) is 13.7. The summed E-state index contributed by atoms with van der Waals surface area (Å²) in [5, 5.41) is 11.3. The second-order valence-corrected chi connectivity index (χ2v) is 8.64. The number of ether oxygens (including phenoxy) is 1. The summed E-state index contributed by atoms with van der Waals surface area (Å²) in [4.78, 5) is 22.8. The SMILES string of the molecule is CC[C@H](C)[C@@H](C(=O)OCc1ccccc1)N(C)S(=O)(=O)c1ccccc1[N+](=O)[O-]. The molecule has 0 unspecified atom stereocenters. The molecule has 0 aliphatic rings. The number of benzene rings is 2. The summed E-state index contributed by atoms with van der Waals surface area (Å²) in [6, 6.07) is 13.0. The fraction of sp³-hybridized carbons (Fsp3) is 0.350. The van der Waals surface area contributed by atoms with Gasteiger partial charge in [-0.05, 0) is 17.5 Å². The van der Waals surface area contributed by atoms with E-state index in [9.17, 15) is 23.3 Å². The number of nitro groups is 1. The Labute approximate surface area is 170 Å². The number of sulfonamides is 1. The highest BCUT2D eigenvalue weighted by molar-refractivity contribution is 7.89. The average molecular weight is 420 g/mol. The lowest BCUT2D eigenvalue weighted by molar-refractivity contribution is -0.387. The molecule has 0 fully saturated rings. The smallest absolute Gasteiger partial charge is 0.325 e. The van der Waals surface area contributed by atoms with E-state index in [2.05, 4.69) is 0 Å². The third-order valence-electron chi connectivity index (χ3n) is 4.76. The van der Waals surface area contributed by atoms with Crippen molar-refractivity contribution in [2.75, 3.05) is 7.05 Å². The third kappa shape index (κ3) is 5.18. The van der Waals surface area contributed by atoms with E-state index in [0.29, 0.717) is 6.42 Å². The quantitative estimate of drug-likeness (QED) is 0.350. The van der Waals surface area contributed by atoms with Gasteiger partial charge in [-0.15, -0.1) is 0 Å². The first kappa shape index (κ1) is 22.5. The van der Waals surface area contributed by atoms with Crippen LogP contribution in [0, 0.1) is 16.0 Å². The summed E-state index contributed by atoms with van der Waals surface area (Å²) in [5.74, 6) is -1.06. The van der Waals surface area contributed by atoms with Gasteiger partial charge in [-0.25, -0.2) is 8.42 Å². The molecule has 0 radical (unpaired) electrons. The number of nitrogens with zero attached hydrogens (tertiary/aromatic N) is 2. The minimum absolute atomic E-state index is 0.00593. The Kier molecular flexibility index (Phi) is 7.46. The monoisotopic (exact) mass is 420 g/mol. The van der Waals surface area contributed by atoms with Crippen molar-refractivity contribution in [3.05, 3.63) is 70.3 Å². The molecule has 0 heterocycles. The van der Waals surface area contributed by atoms with Crippen LogP contribution in [-0.2, 0) is 26.2 Å². The zero-order chi connectivity index (χ0) is 21.6. The van der Waals surface area contributed by atoms with Crippen molar-refractivity contribution >= 4 is 21.7 Å². The highest BCUT2D eigenvalue weighted by Crippen LogP contribution is 2.29. The summed E-state index contributed by atoms with van der Waals surface area (Å²) < 4.78 is 32.5. The molecule has 0 N–H and O–H groups in total. The number of para-hydroxylation sites is 1. The topological polar surface area (TPSA) is 107 Å². The number of likely N-dealkylation sites (N-methyl/N-ethyl adjacent to an activating group) is 1. The number of hydrogen-bond acceptors (Lipinski definition) is 6. The Balaban J connectivity index is 2.34. The van der Waals surface area contributed by atoms with Gasteiger partial charge in [0.2, 0.25) is 10.0 Å². The Morgan fingerprint density at radius 3 is 2.31 bits per heavy atom. The van der Waals surface area contributed by atoms with Crippen LogP contribution in [0.15, 0.2) is 59.5 Å². The molecule has 0 spiro atoms. The van der Waals surface area contributed by atoms with Gasteiger partial charge in [0.1, 0.15) is 12.6 Å². The van der Waals surface area contributed by atoms with Crippen LogP contribution in [0.2, 0.25) is 0 Å². The molecule has 2 atom stereocenters. The summed E-state index contributed by atoms with van der Waals surface area (Å²) in [6.07, 6.45) is 0.516. The molecule has 2 rings (SSSR count). The molecule has 8 nitrogen and oxygen atoms in total. The number of hydrogen-bond donors (Lipinski definition) is 0. The number of esters is 1. The summed E-state index contributed by atoms with van der Waals surface area (Å²) in [7, 11) is -3.06. The number of carbonyl (C=O) groups excluding carboxylic acids is 1. The fourth-order valence-corrected chi connectivity index (χ4v) is 4.47. The van der Waals surface area contributed by atoms with Crippen LogP contribution in [0.25, 0.3) is 0 Å². The normalized spacial score (nSPS) is 13.7. The van der Waals surface area contributed by atoms with Crippen LogP contribution >= 0.6 is 0 Å². The molecule has 0 aliphatic heterocycles. The first-order valence-corrected chi connectivity index (χ1v) is 10.6. The molecule has 2 aromatic rings. The molecule has 0 saturated carbocycles. The van der Waals surface area contributed by atoms with E-state index in [-0.39, 0.29) is 12.5 Å². The lowest BCUT2D eigenvalue weighted by Crippen LogP contribution is -2.47. The van der Waals surface area contributed by atoms with E-state index in [0.717, 1.165) is 22.0 Å². The van der Waals surface area contributed by atoms with Crippen LogP contribution in [0.4, 0.5) is 5.69 Å². The maximum Gasteiger partial charge on any atom is 0.325 e. The zero-order valence-corrected chi connectivity index (χ0v) is 17.3. The molecule has 156 valence electrons. The summed E-state index contributed by atoms with van der Waals surface area (Å²) in [6.45, 7) is 3.57. The van der Waals surface area contributed by atoms with Gasteiger partial charge in [0.15, 0.2) is 4.90 Å². The van der Waals surface area contributed by atoms with Crippen LogP contribution in [-0.4, -0.2) is 36.7 Å². The van der Waals surface area contributed by atoms with E-state index in [1.165, 1.54) is 19.2 Å². The molecule has 29 heavy (non-hydrogen) atoms. The second-order valence-electron chi connectivity index (χ2n) is 6.67. The third-order valence-corrected chi connectivity index (χ3v) is 6.65. The lowest BCUT2D eigenvalue weighted by Gasteiger charge is -2.29. The van der Waals surface area contributed by atoms with Gasteiger partial charge in [-0.3, -0.25) is 14.9 Å². The average Bonchev–Trinajstić information content (AvgIpc) is 2.72. The minimum atomic E-state index is -4.31. The Bertz CT molecular complexity index is 962. The van der Waals surface area contributed by atoms with E-state index < -0.39 is 37.5 Å². The Morgan fingerprint density at radius 2 is 1.72 bits per heavy atom. The van der Waals surface area contributed by atoms with Crippen molar-refractivity contribution < 1.29 is 22.9 Å². The molecule has 0 aliphatic carbocycles. The molecular formula is C20H24N2O6S. The molecule has 2 aromatic carbocycles. The molecule has 0 aromatic heterocycles. The van der Waals surface area contributed by atoms with Crippen molar-refractivity contribution in [3.8, 4) is 0 Å². The molecular weight excluding hydrogens is 396 g/mol. The largest absolute Gasteiger partial charge is 0.460 e. The van der Waals surface area contributed by atoms with Gasteiger partial charge in [0.25, 0.3) is 5.69 Å². The number of nitro benzene ring substituents is 1. The van der Waals surface area contributed by atoms with Crippen LogP contribution < -0.4 is 0 Å². The molecule has 9 heteroatoms. The Morgan fingerprint density at radius 1 is 1.14 bits per heavy atom. The van der Waals surface area contributed by atoms with E-state index in [1.807, 2.05) is 13.0 Å². The van der Waals surface area contributed by atoms with Gasteiger partial charge < -0.3 is 4.74 Å².